The molecule has 6 nitrogen and oxygen atoms in total. The molecule has 0 bridgehead atoms. The second kappa shape index (κ2) is 11.1. The number of anilines is 1. The Morgan fingerprint density at radius 3 is 2.58 bits per heavy atom. The molecule has 1 unspecified atom stereocenters. The number of carbonyl (C=O) groups is 1. The summed E-state index contributed by atoms with van der Waals surface area (Å²) in [7, 11) is 12.8. The summed E-state index contributed by atoms with van der Waals surface area (Å²) in [6.07, 6.45) is -0.335. The number of nitrogens with zero attached hydrogens (tertiary/aromatic N) is 1. The standard InChI is InChI=1S/C19H19B2Cl2N3O3.C2H6/c20-19(21,11-1-3-12(22)4-2-11)26-5-6-29-13(10-26)9-25-18(28)14-7-15(23)16(24)8-17(14)27;1-2/h1-4,7-8,13,27H,5-6,9-10,24H2,(H,25,28);1-2H3. The minimum Gasteiger partial charge on any atom is -0.507 e. The Labute approximate surface area is 195 Å². The largest absolute Gasteiger partial charge is 0.507 e. The fourth-order valence-electron chi connectivity index (χ4n) is 3.14. The summed E-state index contributed by atoms with van der Waals surface area (Å²) in [5.74, 6) is -0.740. The lowest BCUT2D eigenvalue weighted by atomic mass is 9.56. The molecule has 0 saturated carbocycles. The van der Waals surface area contributed by atoms with Gasteiger partial charge < -0.3 is 25.8 Å². The summed E-state index contributed by atoms with van der Waals surface area (Å²) in [6, 6.07) is 9.58. The molecule has 3 rings (SSSR count). The van der Waals surface area contributed by atoms with E-state index < -0.39 is 11.2 Å². The highest BCUT2D eigenvalue weighted by Crippen LogP contribution is 2.28. The lowest BCUT2D eigenvalue weighted by Crippen LogP contribution is -2.56. The van der Waals surface area contributed by atoms with Crippen LogP contribution in [0, 0.1) is 0 Å². The van der Waals surface area contributed by atoms with Crippen LogP contribution in [-0.2, 0) is 10.1 Å². The highest BCUT2D eigenvalue weighted by atomic mass is 35.5. The van der Waals surface area contributed by atoms with Gasteiger partial charge in [0.25, 0.3) is 5.91 Å². The number of amides is 1. The number of halogens is 2. The van der Waals surface area contributed by atoms with Crippen LogP contribution < -0.4 is 11.1 Å². The molecule has 1 aliphatic rings. The van der Waals surface area contributed by atoms with Crippen molar-refractivity contribution in [2.75, 3.05) is 32.0 Å². The third-order valence-electron chi connectivity index (χ3n) is 4.82. The van der Waals surface area contributed by atoms with Crippen LogP contribution in [0.2, 0.25) is 10.0 Å². The first-order valence-corrected chi connectivity index (χ1v) is 10.7. The number of carbonyl (C=O) groups excluding carboxylic acids is 1. The number of ether oxygens (including phenoxy) is 1. The van der Waals surface area contributed by atoms with E-state index in [2.05, 4.69) is 5.32 Å². The van der Waals surface area contributed by atoms with Gasteiger partial charge in [0, 0.05) is 30.7 Å². The van der Waals surface area contributed by atoms with E-state index in [0.29, 0.717) is 30.3 Å². The number of phenolic OH excluding ortho intramolecular Hbond substituents is 1. The molecule has 2 aromatic carbocycles. The molecule has 1 saturated heterocycles. The number of aromatic hydroxyl groups is 1. The molecular weight excluding hydrogens is 435 g/mol. The van der Waals surface area contributed by atoms with E-state index in [4.69, 9.17) is 49.4 Å². The fourth-order valence-corrected chi connectivity index (χ4v) is 3.43. The topological polar surface area (TPSA) is 87.8 Å². The number of morpholine rings is 1. The van der Waals surface area contributed by atoms with Crippen LogP contribution in [0.15, 0.2) is 36.4 Å². The number of rotatable bonds is 5. The Balaban J connectivity index is 0.00000166. The van der Waals surface area contributed by atoms with Gasteiger partial charge in [0.2, 0.25) is 0 Å². The van der Waals surface area contributed by atoms with Crippen LogP contribution in [0.1, 0.15) is 29.8 Å². The fraction of sp³-hybridized carbons (Fsp3) is 0.381. The van der Waals surface area contributed by atoms with Gasteiger partial charge in [-0.1, -0.05) is 49.2 Å². The third kappa shape index (κ3) is 6.32. The molecule has 1 heterocycles. The summed E-state index contributed by atoms with van der Waals surface area (Å²) in [5, 5.41) is 12.2. The zero-order chi connectivity index (χ0) is 23.2. The van der Waals surface area contributed by atoms with E-state index >= 15 is 0 Å². The number of nitrogens with one attached hydrogen (secondary N) is 1. The van der Waals surface area contributed by atoms with Gasteiger partial charge in [0.1, 0.15) is 5.75 Å². The van der Waals surface area contributed by atoms with Crippen LogP contribution in [0.3, 0.4) is 0 Å². The van der Waals surface area contributed by atoms with E-state index in [1.54, 1.807) is 24.3 Å². The van der Waals surface area contributed by atoms with Crippen molar-refractivity contribution in [1.29, 1.82) is 0 Å². The van der Waals surface area contributed by atoms with E-state index in [1.807, 2.05) is 18.7 Å². The lowest BCUT2D eigenvalue weighted by molar-refractivity contribution is -0.0376. The van der Waals surface area contributed by atoms with Crippen molar-refractivity contribution in [2.24, 2.45) is 0 Å². The maximum absolute atomic E-state index is 12.4. The summed E-state index contributed by atoms with van der Waals surface area (Å²) < 4.78 is 5.72. The van der Waals surface area contributed by atoms with Gasteiger partial charge in [-0.3, -0.25) is 4.79 Å². The highest BCUT2D eigenvalue weighted by Gasteiger charge is 2.32. The van der Waals surface area contributed by atoms with Gasteiger partial charge in [-0.05, 0) is 29.1 Å². The van der Waals surface area contributed by atoms with Crippen LogP contribution in [0.5, 0.6) is 5.75 Å². The highest BCUT2D eigenvalue weighted by molar-refractivity contribution is 6.39. The zero-order valence-corrected chi connectivity index (χ0v) is 19.1. The number of phenols is 1. The first-order valence-electron chi connectivity index (χ1n) is 9.95. The second-order valence-corrected chi connectivity index (χ2v) is 7.72. The summed E-state index contributed by atoms with van der Waals surface area (Å²) in [6.45, 7) is 5.55. The summed E-state index contributed by atoms with van der Waals surface area (Å²) in [5.41, 5.74) is 6.55. The molecule has 2 aromatic rings. The lowest BCUT2D eigenvalue weighted by Gasteiger charge is -2.45. The van der Waals surface area contributed by atoms with E-state index in [0.717, 1.165) is 0 Å². The molecule has 1 amide bonds. The zero-order valence-electron chi connectivity index (χ0n) is 17.6. The Bertz CT molecular complexity index is 898. The SMILES string of the molecule is CC.[B]C([B])(c1ccc(Cl)cc1)N1CCOC(CNC(=O)c2cc(Cl)c(N)cc2O)C1. The number of benzene rings is 2. The molecule has 4 N–H and O–H groups in total. The quantitative estimate of drug-likeness (QED) is 0.472. The van der Waals surface area contributed by atoms with Crippen LogP contribution in [0.25, 0.3) is 0 Å². The average molecular weight is 460 g/mol. The van der Waals surface area contributed by atoms with E-state index in [-0.39, 0.29) is 34.7 Å². The predicted octanol–water partition coefficient (Wildman–Crippen LogP) is 2.89. The molecule has 4 radical (unpaired) electrons. The molecule has 10 heteroatoms. The molecule has 162 valence electrons. The Hall–Kier alpha value is -1.86. The first-order chi connectivity index (χ1) is 14.7. The molecule has 1 aliphatic heterocycles. The van der Waals surface area contributed by atoms with Crippen molar-refractivity contribution in [2.45, 2.75) is 25.3 Å². The summed E-state index contributed by atoms with van der Waals surface area (Å²) in [4.78, 5) is 14.3. The van der Waals surface area contributed by atoms with Gasteiger partial charge in [0.05, 0.1) is 44.7 Å². The van der Waals surface area contributed by atoms with Crippen molar-refractivity contribution in [3.8, 4) is 5.75 Å². The van der Waals surface area contributed by atoms with Crippen molar-refractivity contribution in [1.82, 2.24) is 10.2 Å². The third-order valence-corrected chi connectivity index (χ3v) is 5.40. The minimum atomic E-state index is -1.21. The van der Waals surface area contributed by atoms with Crippen molar-refractivity contribution in [3.63, 3.8) is 0 Å². The van der Waals surface area contributed by atoms with Crippen molar-refractivity contribution < 1.29 is 14.6 Å². The number of nitrogen functional groups attached to an aromatic ring is 1. The second-order valence-electron chi connectivity index (χ2n) is 6.87. The van der Waals surface area contributed by atoms with Crippen LogP contribution >= 0.6 is 23.2 Å². The number of hydrogen-bond acceptors (Lipinski definition) is 5. The molecule has 1 atom stereocenters. The van der Waals surface area contributed by atoms with Gasteiger partial charge in [-0.2, -0.15) is 0 Å². The summed E-state index contributed by atoms with van der Waals surface area (Å²) >= 11 is 11.9. The number of hydrogen-bond donors (Lipinski definition) is 3. The molecule has 0 spiro atoms. The Kier molecular flexibility index (Phi) is 9.13. The van der Waals surface area contributed by atoms with E-state index in [1.165, 1.54) is 12.1 Å². The Morgan fingerprint density at radius 1 is 1.29 bits per heavy atom. The maximum Gasteiger partial charge on any atom is 0.255 e. The van der Waals surface area contributed by atoms with Crippen LogP contribution in [0.4, 0.5) is 5.69 Å². The van der Waals surface area contributed by atoms with Gasteiger partial charge >= 0.3 is 0 Å². The molecule has 31 heavy (non-hydrogen) atoms. The average Bonchev–Trinajstić information content (AvgIpc) is 2.76. The van der Waals surface area contributed by atoms with E-state index in [9.17, 15) is 9.90 Å². The maximum atomic E-state index is 12.4. The van der Waals surface area contributed by atoms with Gasteiger partial charge in [-0.25, -0.2) is 0 Å². The molecule has 0 aromatic heterocycles. The van der Waals surface area contributed by atoms with Gasteiger partial charge in [-0.15, -0.1) is 0 Å². The molecule has 0 aliphatic carbocycles. The first kappa shape index (κ1) is 25.4. The Morgan fingerprint density at radius 2 is 1.94 bits per heavy atom. The molecule has 1 fully saturated rings. The van der Waals surface area contributed by atoms with Gasteiger partial charge in [0.15, 0.2) is 0 Å². The smallest absolute Gasteiger partial charge is 0.255 e. The van der Waals surface area contributed by atoms with Crippen molar-refractivity contribution >= 4 is 50.5 Å². The van der Waals surface area contributed by atoms with Crippen LogP contribution in [-0.4, -0.2) is 64.0 Å². The minimum absolute atomic E-state index is 0.0324. The monoisotopic (exact) mass is 459 g/mol. The predicted molar refractivity (Wildman–Crippen MR) is 127 cm³/mol. The van der Waals surface area contributed by atoms with Crippen molar-refractivity contribution in [3.05, 3.63) is 57.6 Å². The molecular formula is C21H25B2Cl2N3O3. The number of nitrogens with two attached hydrogens (primary N) is 1. The normalized spacial score (nSPS) is 16.8.